The number of nitrogens with two attached hydrogens (primary N) is 1. The van der Waals surface area contributed by atoms with E-state index in [1.807, 2.05) is 4.98 Å². The SMILES string of the molecule is CC(N)C1CN(C(=O)c2c[nH]c(=O)[nH]c2=O)CCO1. The van der Waals surface area contributed by atoms with Crippen LogP contribution in [0.3, 0.4) is 0 Å². The number of carbonyl (C=O) groups is 1. The fraction of sp³-hybridized carbons (Fsp3) is 0.545. The highest BCUT2D eigenvalue weighted by Crippen LogP contribution is 2.09. The van der Waals surface area contributed by atoms with E-state index in [0.29, 0.717) is 19.7 Å². The second-order valence-electron chi connectivity index (χ2n) is 4.51. The molecule has 1 saturated heterocycles. The number of hydrogen-bond donors (Lipinski definition) is 3. The molecule has 0 aliphatic carbocycles. The lowest BCUT2D eigenvalue weighted by molar-refractivity contribution is -0.0300. The summed E-state index contributed by atoms with van der Waals surface area (Å²) in [6.45, 7) is 2.89. The number of carbonyl (C=O) groups excluding carboxylic acids is 1. The van der Waals surface area contributed by atoms with Crippen molar-refractivity contribution in [3.05, 3.63) is 32.6 Å². The van der Waals surface area contributed by atoms with E-state index in [-0.39, 0.29) is 17.7 Å². The lowest BCUT2D eigenvalue weighted by Crippen LogP contribution is -2.52. The van der Waals surface area contributed by atoms with Gasteiger partial charge in [0.25, 0.3) is 11.5 Å². The van der Waals surface area contributed by atoms with Crippen LogP contribution < -0.4 is 17.0 Å². The van der Waals surface area contributed by atoms with Crippen molar-refractivity contribution in [2.75, 3.05) is 19.7 Å². The molecule has 2 heterocycles. The number of morpholine rings is 1. The molecule has 1 fully saturated rings. The van der Waals surface area contributed by atoms with Gasteiger partial charge in [0.2, 0.25) is 0 Å². The Kier molecular flexibility index (Phi) is 3.82. The molecule has 2 unspecified atom stereocenters. The van der Waals surface area contributed by atoms with Gasteiger partial charge in [0.15, 0.2) is 0 Å². The van der Waals surface area contributed by atoms with E-state index in [1.165, 1.54) is 4.90 Å². The summed E-state index contributed by atoms with van der Waals surface area (Å²) < 4.78 is 5.44. The molecule has 8 nitrogen and oxygen atoms in total. The zero-order valence-electron chi connectivity index (χ0n) is 10.5. The Labute approximate surface area is 108 Å². The largest absolute Gasteiger partial charge is 0.373 e. The highest BCUT2D eigenvalue weighted by atomic mass is 16.5. The highest BCUT2D eigenvalue weighted by Gasteiger charge is 2.28. The van der Waals surface area contributed by atoms with Crippen LogP contribution in [0.1, 0.15) is 17.3 Å². The fourth-order valence-corrected chi connectivity index (χ4v) is 1.92. The topological polar surface area (TPSA) is 121 Å². The van der Waals surface area contributed by atoms with Crippen molar-refractivity contribution in [3.8, 4) is 0 Å². The van der Waals surface area contributed by atoms with Crippen molar-refractivity contribution in [3.63, 3.8) is 0 Å². The Bertz CT molecular complexity index is 577. The fourth-order valence-electron chi connectivity index (χ4n) is 1.92. The van der Waals surface area contributed by atoms with Gasteiger partial charge in [0.1, 0.15) is 5.56 Å². The zero-order valence-corrected chi connectivity index (χ0v) is 10.5. The number of nitrogens with zero attached hydrogens (tertiary/aromatic N) is 1. The van der Waals surface area contributed by atoms with Crippen LogP contribution in [0.2, 0.25) is 0 Å². The van der Waals surface area contributed by atoms with Crippen LogP contribution in [0.25, 0.3) is 0 Å². The van der Waals surface area contributed by atoms with E-state index in [1.54, 1.807) is 6.92 Å². The normalized spacial score (nSPS) is 21.2. The van der Waals surface area contributed by atoms with E-state index in [0.717, 1.165) is 6.20 Å². The van der Waals surface area contributed by atoms with Gasteiger partial charge >= 0.3 is 5.69 Å². The third-order valence-electron chi connectivity index (χ3n) is 3.02. The van der Waals surface area contributed by atoms with Gasteiger partial charge < -0.3 is 20.4 Å². The molecule has 1 aromatic heterocycles. The monoisotopic (exact) mass is 268 g/mol. The average molecular weight is 268 g/mol. The van der Waals surface area contributed by atoms with Gasteiger partial charge in [0, 0.05) is 25.3 Å². The summed E-state index contributed by atoms with van der Waals surface area (Å²) in [5, 5.41) is 0. The van der Waals surface area contributed by atoms with Crippen molar-refractivity contribution >= 4 is 5.91 Å². The molecule has 2 rings (SSSR count). The van der Waals surface area contributed by atoms with E-state index in [4.69, 9.17) is 10.5 Å². The molecule has 0 bridgehead atoms. The molecule has 19 heavy (non-hydrogen) atoms. The number of H-pyrrole nitrogens is 2. The summed E-state index contributed by atoms with van der Waals surface area (Å²) in [5.74, 6) is -0.438. The number of ether oxygens (including phenoxy) is 1. The molecule has 0 radical (unpaired) electrons. The molecule has 0 aromatic carbocycles. The number of nitrogens with one attached hydrogen (secondary N) is 2. The summed E-state index contributed by atoms with van der Waals surface area (Å²) in [7, 11) is 0. The van der Waals surface area contributed by atoms with E-state index < -0.39 is 17.2 Å². The third-order valence-corrected chi connectivity index (χ3v) is 3.02. The van der Waals surface area contributed by atoms with Crippen LogP contribution in [-0.4, -0.2) is 52.6 Å². The second kappa shape index (κ2) is 5.37. The minimum absolute atomic E-state index is 0.0927. The number of amides is 1. The molecule has 2 atom stereocenters. The zero-order chi connectivity index (χ0) is 14.0. The van der Waals surface area contributed by atoms with Crippen LogP contribution in [-0.2, 0) is 4.74 Å². The van der Waals surface area contributed by atoms with Gasteiger partial charge in [-0.2, -0.15) is 0 Å². The smallest absolute Gasteiger partial charge is 0.325 e. The van der Waals surface area contributed by atoms with E-state index in [2.05, 4.69) is 4.98 Å². The first-order chi connectivity index (χ1) is 8.99. The number of hydrogen-bond acceptors (Lipinski definition) is 5. The maximum absolute atomic E-state index is 12.2. The van der Waals surface area contributed by atoms with Crippen LogP contribution >= 0.6 is 0 Å². The van der Waals surface area contributed by atoms with Gasteiger partial charge in [-0.15, -0.1) is 0 Å². The maximum atomic E-state index is 12.2. The first kappa shape index (κ1) is 13.5. The van der Waals surface area contributed by atoms with Gasteiger partial charge in [-0.3, -0.25) is 14.6 Å². The lowest BCUT2D eigenvalue weighted by atomic mass is 10.1. The first-order valence-electron chi connectivity index (χ1n) is 5.97. The highest BCUT2D eigenvalue weighted by molar-refractivity contribution is 5.93. The predicted octanol–water partition coefficient (Wildman–Crippen LogP) is -1.75. The Morgan fingerprint density at radius 3 is 2.95 bits per heavy atom. The van der Waals surface area contributed by atoms with Crippen molar-refractivity contribution in [1.29, 1.82) is 0 Å². The van der Waals surface area contributed by atoms with Crippen molar-refractivity contribution in [2.24, 2.45) is 5.73 Å². The Morgan fingerprint density at radius 1 is 1.58 bits per heavy atom. The average Bonchev–Trinajstić information content (AvgIpc) is 2.38. The summed E-state index contributed by atoms with van der Waals surface area (Å²) in [6, 6.07) is -0.204. The summed E-state index contributed by atoms with van der Waals surface area (Å²) in [5.41, 5.74) is 4.31. The second-order valence-corrected chi connectivity index (χ2v) is 4.51. The molecule has 1 amide bonds. The molecule has 8 heteroatoms. The first-order valence-corrected chi connectivity index (χ1v) is 5.97. The quantitative estimate of drug-likeness (QED) is 0.587. The van der Waals surface area contributed by atoms with Crippen molar-refractivity contribution < 1.29 is 9.53 Å². The van der Waals surface area contributed by atoms with E-state index >= 15 is 0 Å². The van der Waals surface area contributed by atoms with Gasteiger partial charge in [-0.05, 0) is 6.92 Å². The van der Waals surface area contributed by atoms with Crippen LogP contribution in [0.5, 0.6) is 0 Å². The molecule has 104 valence electrons. The summed E-state index contributed by atoms with van der Waals surface area (Å²) >= 11 is 0. The minimum atomic E-state index is -0.697. The molecule has 1 aliphatic rings. The standard InChI is InChI=1S/C11H16N4O4/c1-6(12)8-5-15(2-3-19-8)10(17)7-4-13-11(18)14-9(7)16/h4,6,8H,2-3,5,12H2,1H3,(H2,13,14,16,18). The van der Waals surface area contributed by atoms with Gasteiger partial charge in [0.05, 0.1) is 12.7 Å². The summed E-state index contributed by atoms with van der Waals surface area (Å²) in [6.07, 6.45) is 0.874. The predicted molar refractivity (Wildman–Crippen MR) is 67.0 cm³/mol. The van der Waals surface area contributed by atoms with Crippen LogP contribution in [0, 0.1) is 0 Å². The molecule has 1 aliphatic heterocycles. The van der Waals surface area contributed by atoms with Crippen LogP contribution in [0.15, 0.2) is 15.8 Å². The van der Waals surface area contributed by atoms with Crippen molar-refractivity contribution in [1.82, 2.24) is 14.9 Å². The number of aromatic nitrogens is 2. The van der Waals surface area contributed by atoms with E-state index in [9.17, 15) is 14.4 Å². The Morgan fingerprint density at radius 2 is 2.32 bits per heavy atom. The summed E-state index contributed by atoms with van der Waals surface area (Å²) in [4.78, 5) is 40.5. The van der Waals surface area contributed by atoms with Crippen LogP contribution in [0.4, 0.5) is 0 Å². The number of aromatic amines is 2. The molecular formula is C11H16N4O4. The third kappa shape index (κ3) is 2.91. The van der Waals surface area contributed by atoms with Gasteiger partial charge in [-0.25, -0.2) is 4.79 Å². The Hall–Kier alpha value is -1.93. The molecular weight excluding hydrogens is 252 g/mol. The van der Waals surface area contributed by atoms with Gasteiger partial charge in [-0.1, -0.05) is 0 Å². The minimum Gasteiger partial charge on any atom is -0.373 e. The molecule has 0 spiro atoms. The lowest BCUT2D eigenvalue weighted by Gasteiger charge is -2.34. The van der Waals surface area contributed by atoms with Crippen molar-refractivity contribution in [2.45, 2.75) is 19.1 Å². The molecule has 1 aromatic rings. The molecule has 0 saturated carbocycles. The maximum Gasteiger partial charge on any atom is 0.325 e. The number of rotatable bonds is 2. The Balaban J connectivity index is 2.19. The molecule has 4 N–H and O–H groups in total.